The summed E-state index contributed by atoms with van der Waals surface area (Å²) in [4.78, 5) is 13.2. The summed E-state index contributed by atoms with van der Waals surface area (Å²) in [5.41, 5.74) is 1.92. The molecule has 0 aromatic heterocycles. The number of carboxylic acids is 1. The minimum Gasteiger partial charge on any atom is -0.497 e. The third kappa shape index (κ3) is 3.26. The first-order valence-corrected chi connectivity index (χ1v) is 5.80. The van der Waals surface area contributed by atoms with Gasteiger partial charge in [0.2, 0.25) is 0 Å². The first-order valence-electron chi connectivity index (χ1n) is 5.80. The second-order valence-electron chi connectivity index (χ2n) is 4.16. The fourth-order valence-corrected chi connectivity index (χ4v) is 1.77. The second kappa shape index (κ2) is 6.10. The molecule has 1 rings (SSSR count). The summed E-state index contributed by atoms with van der Waals surface area (Å²) in [6.45, 7) is 9.10. The fraction of sp³-hybridized carbons (Fsp3) is 0.357. The minimum atomic E-state index is -0.937. The van der Waals surface area contributed by atoms with Crippen LogP contribution in [0, 0.1) is 0 Å². The Morgan fingerprint density at radius 1 is 1.50 bits per heavy atom. The molecule has 0 aliphatic carbocycles. The number of hydrogen-bond donors (Lipinski definition) is 1. The molecule has 0 heterocycles. The van der Waals surface area contributed by atoms with Crippen molar-refractivity contribution in [2.75, 3.05) is 25.1 Å². The van der Waals surface area contributed by atoms with Gasteiger partial charge in [0, 0.05) is 19.2 Å². The number of methoxy groups -OCH3 is 1. The molecule has 0 amide bonds. The molecule has 0 radical (unpaired) electrons. The van der Waals surface area contributed by atoms with Crippen LogP contribution in [0.3, 0.4) is 0 Å². The van der Waals surface area contributed by atoms with E-state index < -0.39 is 5.97 Å². The highest BCUT2D eigenvalue weighted by molar-refractivity contribution is 5.95. The minimum absolute atomic E-state index is 0.277. The molecule has 1 aromatic carbocycles. The lowest BCUT2D eigenvalue weighted by atomic mass is 10.1. The SMILES string of the molecule is C=C(C)CN(CC)c1cc(OC)ccc1C(=O)O. The van der Waals surface area contributed by atoms with E-state index in [1.54, 1.807) is 25.3 Å². The van der Waals surface area contributed by atoms with E-state index in [9.17, 15) is 9.90 Å². The smallest absolute Gasteiger partial charge is 0.337 e. The number of anilines is 1. The third-order valence-electron chi connectivity index (χ3n) is 2.62. The summed E-state index contributed by atoms with van der Waals surface area (Å²) < 4.78 is 5.15. The van der Waals surface area contributed by atoms with Gasteiger partial charge >= 0.3 is 5.97 Å². The van der Waals surface area contributed by atoms with Crippen molar-refractivity contribution in [3.8, 4) is 5.75 Å². The molecular weight excluding hydrogens is 230 g/mol. The maximum atomic E-state index is 11.2. The number of nitrogens with zero attached hydrogens (tertiary/aromatic N) is 1. The van der Waals surface area contributed by atoms with Crippen LogP contribution in [0.1, 0.15) is 24.2 Å². The lowest BCUT2D eigenvalue weighted by Gasteiger charge is -2.25. The van der Waals surface area contributed by atoms with Crippen molar-refractivity contribution in [2.24, 2.45) is 0 Å². The first kappa shape index (κ1) is 14.1. The van der Waals surface area contributed by atoms with Gasteiger partial charge in [-0.25, -0.2) is 4.79 Å². The summed E-state index contributed by atoms with van der Waals surface area (Å²) in [6.07, 6.45) is 0. The van der Waals surface area contributed by atoms with Gasteiger partial charge in [-0.15, -0.1) is 0 Å². The van der Waals surface area contributed by atoms with E-state index in [4.69, 9.17) is 4.74 Å². The topological polar surface area (TPSA) is 49.8 Å². The predicted octanol–water partition coefficient (Wildman–Crippen LogP) is 2.80. The van der Waals surface area contributed by atoms with Gasteiger partial charge in [-0.1, -0.05) is 12.2 Å². The molecule has 18 heavy (non-hydrogen) atoms. The Balaban J connectivity index is 3.23. The van der Waals surface area contributed by atoms with E-state index in [0.29, 0.717) is 24.5 Å². The number of benzene rings is 1. The van der Waals surface area contributed by atoms with Gasteiger partial charge in [-0.2, -0.15) is 0 Å². The van der Waals surface area contributed by atoms with Crippen molar-refractivity contribution in [1.82, 2.24) is 0 Å². The van der Waals surface area contributed by atoms with Crippen LogP contribution >= 0.6 is 0 Å². The largest absolute Gasteiger partial charge is 0.497 e. The number of carboxylic acid groups (broad SMARTS) is 1. The molecule has 0 aliphatic heterocycles. The van der Waals surface area contributed by atoms with Gasteiger partial charge < -0.3 is 14.7 Å². The maximum absolute atomic E-state index is 11.2. The Bertz CT molecular complexity index is 454. The first-order chi connectivity index (χ1) is 8.49. The van der Waals surface area contributed by atoms with E-state index in [1.165, 1.54) is 0 Å². The number of hydrogen-bond acceptors (Lipinski definition) is 3. The summed E-state index contributed by atoms with van der Waals surface area (Å²) >= 11 is 0. The zero-order valence-corrected chi connectivity index (χ0v) is 11.1. The Hall–Kier alpha value is -1.97. The van der Waals surface area contributed by atoms with Crippen molar-refractivity contribution in [2.45, 2.75) is 13.8 Å². The number of ether oxygens (including phenoxy) is 1. The highest BCUT2D eigenvalue weighted by Crippen LogP contribution is 2.26. The number of likely N-dealkylation sites (N-methyl/N-ethyl adjacent to an activating group) is 1. The molecule has 1 N–H and O–H groups in total. The van der Waals surface area contributed by atoms with Gasteiger partial charge in [-0.05, 0) is 26.0 Å². The van der Waals surface area contributed by atoms with E-state index in [2.05, 4.69) is 6.58 Å². The molecule has 0 bridgehead atoms. The summed E-state index contributed by atoms with van der Waals surface area (Å²) in [6, 6.07) is 4.97. The Kier molecular flexibility index (Phi) is 4.77. The summed E-state index contributed by atoms with van der Waals surface area (Å²) in [5.74, 6) is -0.289. The van der Waals surface area contributed by atoms with Gasteiger partial charge in [0.15, 0.2) is 0 Å². The molecule has 0 atom stereocenters. The van der Waals surface area contributed by atoms with Crippen LogP contribution in [0.25, 0.3) is 0 Å². The lowest BCUT2D eigenvalue weighted by molar-refractivity contribution is 0.0697. The molecule has 98 valence electrons. The van der Waals surface area contributed by atoms with Crippen LogP contribution in [0.2, 0.25) is 0 Å². The lowest BCUT2D eigenvalue weighted by Crippen LogP contribution is -2.26. The Morgan fingerprint density at radius 2 is 2.17 bits per heavy atom. The Labute approximate surface area is 107 Å². The van der Waals surface area contributed by atoms with Gasteiger partial charge in [0.25, 0.3) is 0 Å². The van der Waals surface area contributed by atoms with E-state index in [1.807, 2.05) is 18.7 Å². The molecule has 4 heteroatoms. The zero-order valence-electron chi connectivity index (χ0n) is 11.1. The average molecular weight is 249 g/mol. The molecule has 4 nitrogen and oxygen atoms in total. The molecule has 0 saturated heterocycles. The van der Waals surface area contributed by atoms with Crippen LogP contribution in [-0.4, -0.2) is 31.3 Å². The number of carbonyl (C=O) groups is 1. The van der Waals surface area contributed by atoms with E-state index >= 15 is 0 Å². The normalized spacial score (nSPS) is 9.94. The monoisotopic (exact) mass is 249 g/mol. The predicted molar refractivity (Wildman–Crippen MR) is 72.7 cm³/mol. The van der Waals surface area contributed by atoms with Gasteiger partial charge in [0.05, 0.1) is 18.4 Å². The van der Waals surface area contributed by atoms with Crippen LogP contribution in [0.4, 0.5) is 5.69 Å². The molecule has 0 saturated carbocycles. The number of aromatic carboxylic acids is 1. The van der Waals surface area contributed by atoms with Crippen molar-refractivity contribution in [3.63, 3.8) is 0 Å². The van der Waals surface area contributed by atoms with Crippen LogP contribution in [-0.2, 0) is 0 Å². The average Bonchev–Trinajstić information content (AvgIpc) is 2.34. The summed E-state index contributed by atoms with van der Waals surface area (Å²) in [7, 11) is 1.56. The van der Waals surface area contributed by atoms with Gasteiger partial charge in [-0.3, -0.25) is 0 Å². The van der Waals surface area contributed by atoms with Crippen molar-refractivity contribution < 1.29 is 14.6 Å². The van der Waals surface area contributed by atoms with Crippen LogP contribution in [0.5, 0.6) is 5.75 Å². The molecule has 0 spiro atoms. The second-order valence-corrected chi connectivity index (χ2v) is 4.16. The van der Waals surface area contributed by atoms with Crippen LogP contribution in [0.15, 0.2) is 30.4 Å². The van der Waals surface area contributed by atoms with Crippen molar-refractivity contribution in [1.29, 1.82) is 0 Å². The number of rotatable bonds is 6. The zero-order chi connectivity index (χ0) is 13.7. The molecule has 0 aliphatic rings. The summed E-state index contributed by atoms with van der Waals surface area (Å²) in [5, 5.41) is 9.22. The van der Waals surface area contributed by atoms with Crippen molar-refractivity contribution >= 4 is 11.7 Å². The van der Waals surface area contributed by atoms with Gasteiger partial charge in [0.1, 0.15) is 5.75 Å². The highest BCUT2D eigenvalue weighted by Gasteiger charge is 2.16. The van der Waals surface area contributed by atoms with E-state index in [0.717, 1.165) is 5.57 Å². The quantitative estimate of drug-likeness (QED) is 0.788. The molecular formula is C14H19NO3. The molecule has 0 fully saturated rings. The fourth-order valence-electron chi connectivity index (χ4n) is 1.77. The molecule has 1 aromatic rings. The van der Waals surface area contributed by atoms with Crippen molar-refractivity contribution in [3.05, 3.63) is 35.9 Å². The highest BCUT2D eigenvalue weighted by atomic mass is 16.5. The standard InChI is InChI=1S/C14H19NO3/c1-5-15(9-10(2)3)13-8-11(18-4)6-7-12(13)14(16)17/h6-8H,2,5,9H2,1,3-4H3,(H,16,17). The van der Waals surface area contributed by atoms with Crippen LogP contribution < -0.4 is 9.64 Å². The third-order valence-corrected chi connectivity index (χ3v) is 2.62. The molecule has 0 unspecified atom stereocenters. The Morgan fingerprint density at radius 3 is 2.61 bits per heavy atom. The van der Waals surface area contributed by atoms with E-state index in [-0.39, 0.29) is 5.56 Å². The maximum Gasteiger partial charge on any atom is 0.337 e.